The predicted octanol–water partition coefficient (Wildman–Crippen LogP) is 4.33. The number of rotatable bonds is 5. The van der Waals surface area contributed by atoms with E-state index in [1.54, 1.807) is 12.1 Å². The quantitative estimate of drug-likeness (QED) is 0.490. The van der Waals surface area contributed by atoms with Crippen molar-refractivity contribution in [3.8, 4) is 5.75 Å². The molecule has 1 aromatic rings. The Labute approximate surface area is 127 Å². The van der Waals surface area contributed by atoms with Crippen molar-refractivity contribution in [3.63, 3.8) is 0 Å². The normalized spacial score (nSPS) is 13.1. The molecule has 0 fully saturated rings. The molecule has 0 aliphatic rings. The van der Waals surface area contributed by atoms with E-state index in [9.17, 15) is 10.1 Å². The van der Waals surface area contributed by atoms with Crippen molar-refractivity contribution < 1.29 is 9.66 Å². The molecule has 0 aliphatic carbocycles. The summed E-state index contributed by atoms with van der Waals surface area (Å²) in [5.74, 6) is 1.46. The van der Waals surface area contributed by atoms with E-state index in [1.165, 1.54) is 6.07 Å². The molecule has 0 aliphatic heterocycles. The van der Waals surface area contributed by atoms with Crippen molar-refractivity contribution in [1.29, 1.82) is 0 Å². The number of benzene rings is 1. The van der Waals surface area contributed by atoms with E-state index in [0.29, 0.717) is 22.6 Å². The molecule has 0 N–H and O–H groups in total. The number of nitro benzene ring substituents is 1. The average molecular weight is 348 g/mol. The Balaban J connectivity index is 2.84. The van der Waals surface area contributed by atoms with Crippen LogP contribution in [0.3, 0.4) is 0 Å². The Morgan fingerprint density at radius 3 is 2.58 bits per heavy atom. The second kappa shape index (κ2) is 6.61. The number of thiol groups is 1. The summed E-state index contributed by atoms with van der Waals surface area (Å²) >= 11 is 7.55. The second-order valence-electron chi connectivity index (χ2n) is 5.40. The van der Waals surface area contributed by atoms with E-state index in [2.05, 4.69) is 49.3 Å². The molecule has 4 nitrogen and oxygen atoms in total. The van der Waals surface area contributed by atoms with E-state index in [-0.39, 0.29) is 17.0 Å². The average Bonchev–Trinajstić information content (AvgIpc) is 2.29. The summed E-state index contributed by atoms with van der Waals surface area (Å²) < 4.78 is 6.09. The van der Waals surface area contributed by atoms with Gasteiger partial charge in [0.05, 0.1) is 11.5 Å². The van der Waals surface area contributed by atoms with E-state index in [1.807, 2.05) is 0 Å². The SMILES string of the molecule is CC(C)(C)C(CS)COc1cccc([N+](=O)[O-])c1Br. The molecule has 1 aromatic carbocycles. The first-order valence-corrected chi connectivity index (χ1v) is 7.36. The molecule has 0 saturated carbocycles. The summed E-state index contributed by atoms with van der Waals surface area (Å²) in [4.78, 5) is 10.4. The van der Waals surface area contributed by atoms with Crippen molar-refractivity contribution in [2.75, 3.05) is 12.4 Å². The Bertz CT molecular complexity index is 460. The predicted molar refractivity (Wildman–Crippen MR) is 83.1 cm³/mol. The summed E-state index contributed by atoms with van der Waals surface area (Å²) in [6, 6.07) is 4.77. The fourth-order valence-electron chi connectivity index (χ4n) is 1.52. The van der Waals surface area contributed by atoms with Crippen LogP contribution in [0.25, 0.3) is 0 Å². The molecular weight excluding hydrogens is 330 g/mol. The van der Waals surface area contributed by atoms with Crippen LogP contribution in [-0.2, 0) is 0 Å². The molecule has 19 heavy (non-hydrogen) atoms. The lowest BCUT2D eigenvalue weighted by Crippen LogP contribution is -2.28. The minimum Gasteiger partial charge on any atom is -0.492 e. The van der Waals surface area contributed by atoms with E-state index in [0.717, 1.165) is 0 Å². The Hall–Kier alpha value is -0.750. The number of nitrogens with zero attached hydrogens (tertiary/aromatic N) is 1. The molecule has 0 saturated heterocycles. The smallest absolute Gasteiger partial charge is 0.287 e. The van der Waals surface area contributed by atoms with E-state index < -0.39 is 4.92 Å². The largest absolute Gasteiger partial charge is 0.492 e. The van der Waals surface area contributed by atoms with Gasteiger partial charge in [0.2, 0.25) is 0 Å². The maximum Gasteiger partial charge on any atom is 0.287 e. The van der Waals surface area contributed by atoms with Crippen molar-refractivity contribution in [2.24, 2.45) is 11.3 Å². The van der Waals surface area contributed by atoms with Crippen molar-refractivity contribution in [1.82, 2.24) is 0 Å². The molecule has 0 bridgehead atoms. The summed E-state index contributed by atoms with van der Waals surface area (Å²) in [5.41, 5.74) is 0.0882. The molecule has 0 amide bonds. The van der Waals surface area contributed by atoms with Gasteiger partial charge in [-0.25, -0.2) is 0 Å². The third-order valence-corrected chi connectivity index (χ3v) is 4.26. The number of halogens is 1. The van der Waals surface area contributed by atoms with Gasteiger partial charge in [0.25, 0.3) is 5.69 Å². The van der Waals surface area contributed by atoms with Crippen LogP contribution in [0.5, 0.6) is 5.75 Å². The van der Waals surface area contributed by atoms with E-state index in [4.69, 9.17) is 4.74 Å². The fraction of sp³-hybridized carbons (Fsp3) is 0.538. The Morgan fingerprint density at radius 1 is 1.47 bits per heavy atom. The molecule has 6 heteroatoms. The third-order valence-electron chi connectivity index (χ3n) is 3.02. The van der Waals surface area contributed by atoms with Gasteiger partial charge < -0.3 is 4.74 Å². The molecular formula is C13H18BrNO3S. The van der Waals surface area contributed by atoms with Crippen LogP contribution < -0.4 is 4.74 Å². The van der Waals surface area contributed by atoms with Gasteiger partial charge in [-0.2, -0.15) is 12.6 Å². The van der Waals surface area contributed by atoms with Crippen LogP contribution >= 0.6 is 28.6 Å². The fourth-order valence-corrected chi connectivity index (χ4v) is 2.70. The van der Waals surface area contributed by atoms with Crippen LogP contribution in [0, 0.1) is 21.4 Å². The zero-order valence-corrected chi connectivity index (χ0v) is 13.7. The first-order valence-electron chi connectivity index (χ1n) is 5.94. The zero-order chi connectivity index (χ0) is 14.6. The van der Waals surface area contributed by atoms with Gasteiger partial charge in [0.15, 0.2) is 0 Å². The van der Waals surface area contributed by atoms with Crippen molar-refractivity contribution in [3.05, 3.63) is 32.8 Å². The summed E-state index contributed by atoms with van der Waals surface area (Å²) in [6.07, 6.45) is 0. The molecule has 1 atom stereocenters. The molecule has 0 aromatic heterocycles. The Kier molecular flexibility index (Phi) is 5.67. The van der Waals surface area contributed by atoms with Gasteiger partial charge in [-0.05, 0) is 33.2 Å². The molecule has 0 radical (unpaired) electrons. The first kappa shape index (κ1) is 16.3. The topological polar surface area (TPSA) is 52.4 Å². The molecule has 0 spiro atoms. The number of ether oxygens (including phenoxy) is 1. The van der Waals surface area contributed by atoms with E-state index >= 15 is 0 Å². The number of hydrogen-bond acceptors (Lipinski definition) is 4. The van der Waals surface area contributed by atoms with Gasteiger partial charge in [0, 0.05) is 12.0 Å². The van der Waals surface area contributed by atoms with Crippen LogP contribution in [0.4, 0.5) is 5.69 Å². The highest BCUT2D eigenvalue weighted by atomic mass is 79.9. The summed E-state index contributed by atoms with van der Waals surface area (Å²) in [7, 11) is 0. The molecule has 0 heterocycles. The van der Waals surface area contributed by atoms with Gasteiger partial charge in [-0.1, -0.05) is 26.8 Å². The molecule has 1 unspecified atom stereocenters. The van der Waals surface area contributed by atoms with Crippen LogP contribution in [0.2, 0.25) is 0 Å². The van der Waals surface area contributed by atoms with Gasteiger partial charge in [-0.3, -0.25) is 10.1 Å². The van der Waals surface area contributed by atoms with Crippen molar-refractivity contribution in [2.45, 2.75) is 20.8 Å². The van der Waals surface area contributed by atoms with Gasteiger partial charge in [0.1, 0.15) is 10.2 Å². The lowest BCUT2D eigenvalue weighted by atomic mass is 9.82. The van der Waals surface area contributed by atoms with Crippen LogP contribution in [0.15, 0.2) is 22.7 Å². The zero-order valence-electron chi connectivity index (χ0n) is 11.2. The maximum atomic E-state index is 10.8. The number of hydrogen-bond donors (Lipinski definition) is 1. The highest BCUT2D eigenvalue weighted by molar-refractivity contribution is 9.10. The van der Waals surface area contributed by atoms with Crippen LogP contribution in [-0.4, -0.2) is 17.3 Å². The standard InChI is InChI=1S/C13H18BrNO3S/c1-13(2,3)9(8-19)7-18-11-6-4-5-10(12(11)14)15(16)17/h4-6,9,19H,7-8H2,1-3H3. The minimum atomic E-state index is -0.434. The minimum absolute atomic E-state index is 0.00989. The highest BCUT2D eigenvalue weighted by Crippen LogP contribution is 2.35. The lowest BCUT2D eigenvalue weighted by Gasteiger charge is -2.29. The Morgan fingerprint density at radius 2 is 2.11 bits per heavy atom. The van der Waals surface area contributed by atoms with Gasteiger partial charge in [-0.15, -0.1) is 0 Å². The van der Waals surface area contributed by atoms with Crippen LogP contribution in [0.1, 0.15) is 20.8 Å². The second-order valence-corrected chi connectivity index (χ2v) is 6.56. The first-order chi connectivity index (χ1) is 8.77. The third kappa shape index (κ3) is 4.38. The molecule has 106 valence electrons. The molecule has 1 rings (SSSR count). The highest BCUT2D eigenvalue weighted by Gasteiger charge is 2.25. The summed E-state index contributed by atoms with van der Waals surface area (Å²) in [5, 5.41) is 10.8. The maximum absolute atomic E-state index is 10.8. The van der Waals surface area contributed by atoms with Crippen molar-refractivity contribution >= 4 is 34.2 Å². The number of nitro groups is 1. The van der Waals surface area contributed by atoms with Gasteiger partial charge >= 0.3 is 0 Å². The summed E-state index contributed by atoms with van der Waals surface area (Å²) in [6.45, 7) is 6.85. The lowest BCUT2D eigenvalue weighted by molar-refractivity contribution is -0.385. The monoisotopic (exact) mass is 347 g/mol.